The van der Waals surface area contributed by atoms with Gasteiger partial charge in [-0.05, 0) is 135 Å². The SMILES string of the molecule is Cc1cc(N=Nc2c(S(=O)(=O)O)cc3c(c2O)C=CC(NC(=O)c2ccc(N)cc2)C3)c(C)cc1N=Nc1cc(C)c(/N=N/c2ccc(S(=O)(=O)O)cc2C(=O)O)cc1C. The highest BCUT2D eigenvalue weighted by Gasteiger charge is 2.27. The summed E-state index contributed by atoms with van der Waals surface area (Å²) in [5.74, 6) is -2.38. The van der Waals surface area contributed by atoms with Gasteiger partial charge in [-0.25, -0.2) is 4.79 Å². The van der Waals surface area contributed by atoms with Crippen molar-refractivity contribution in [2.45, 2.75) is 49.9 Å². The molecule has 1 aliphatic rings. The Kier molecular flexibility index (Phi) is 11.9. The van der Waals surface area contributed by atoms with Gasteiger partial charge in [-0.1, -0.05) is 12.2 Å². The molecule has 1 unspecified atom stereocenters. The first-order valence-electron chi connectivity index (χ1n) is 17.7. The fraction of sp³-hybridized carbons (Fsp3) is 0.150. The minimum Gasteiger partial charge on any atom is -0.505 e. The molecule has 1 amide bonds. The Hall–Kier alpha value is -7.00. The van der Waals surface area contributed by atoms with E-state index in [1.807, 2.05) is 0 Å². The highest BCUT2D eigenvalue weighted by molar-refractivity contribution is 7.86. The van der Waals surface area contributed by atoms with Gasteiger partial charge in [0.25, 0.3) is 26.1 Å². The predicted molar refractivity (Wildman–Crippen MR) is 220 cm³/mol. The Balaban J connectivity index is 1.21. The number of carbonyl (C=O) groups excluding carboxylic acids is 1. The molecule has 0 heterocycles. The number of nitrogens with two attached hydrogens (primary N) is 1. The van der Waals surface area contributed by atoms with Crippen LogP contribution in [0.15, 0.2) is 119 Å². The second kappa shape index (κ2) is 16.7. The van der Waals surface area contributed by atoms with Crippen LogP contribution < -0.4 is 11.1 Å². The highest BCUT2D eigenvalue weighted by atomic mass is 32.2. The van der Waals surface area contributed by atoms with Crippen molar-refractivity contribution < 1.29 is 45.7 Å². The number of carbonyl (C=O) groups is 2. The third kappa shape index (κ3) is 9.48. The minimum absolute atomic E-state index is 0.108. The van der Waals surface area contributed by atoms with Crippen molar-refractivity contribution >= 4 is 78.0 Å². The number of benzene rings is 5. The normalized spacial score (nSPS) is 14.3. The summed E-state index contributed by atoms with van der Waals surface area (Å²) >= 11 is 0. The number of aryl methyl sites for hydroxylation is 4. The lowest BCUT2D eigenvalue weighted by molar-refractivity contribution is 0.0697. The number of carboxylic acid groups (broad SMARTS) is 1. The van der Waals surface area contributed by atoms with E-state index in [-0.39, 0.29) is 23.6 Å². The molecule has 60 heavy (non-hydrogen) atoms. The maximum atomic E-state index is 12.8. The second-order valence-electron chi connectivity index (χ2n) is 13.8. The van der Waals surface area contributed by atoms with Gasteiger partial charge in [0, 0.05) is 16.8 Å². The molecule has 5 aromatic carbocycles. The lowest BCUT2D eigenvalue weighted by atomic mass is 9.92. The summed E-state index contributed by atoms with van der Waals surface area (Å²) in [4.78, 5) is 23.2. The van der Waals surface area contributed by atoms with Crippen molar-refractivity contribution in [2.24, 2.45) is 30.7 Å². The maximum absolute atomic E-state index is 12.8. The Bertz CT molecular complexity index is 2950. The molecule has 7 N–H and O–H groups in total. The van der Waals surface area contributed by atoms with E-state index >= 15 is 0 Å². The van der Waals surface area contributed by atoms with Gasteiger partial charge < -0.3 is 21.3 Å². The molecule has 0 saturated heterocycles. The molecule has 0 aromatic heterocycles. The number of fused-ring (bicyclic) bond motifs is 1. The molecule has 0 bridgehead atoms. The molecular formula is C40H36N8O10S2. The summed E-state index contributed by atoms with van der Waals surface area (Å²) in [6, 6.07) is 16.5. The van der Waals surface area contributed by atoms with Gasteiger partial charge >= 0.3 is 5.97 Å². The summed E-state index contributed by atoms with van der Waals surface area (Å²) in [6.07, 6.45) is 3.28. The van der Waals surface area contributed by atoms with Gasteiger partial charge in [0.1, 0.15) is 16.3 Å². The van der Waals surface area contributed by atoms with Crippen molar-refractivity contribution in [3.05, 3.63) is 123 Å². The average Bonchev–Trinajstić information content (AvgIpc) is 3.17. The van der Waals surface area contributed by atoms with Crippen molar-refractivity contribution in [3.63, 3.8) is 0 Å². The van der Waals surface area contributed by atoms with Crippen LogP contribution in [0.2, 0.25) is 0 Å². The van der Waals surface area contributed by atoms with Crippen molar-refractivity contribution in [3.8, 4) is 5.75 Å². The quantitative estimate of drug-likeness (QED) is 0.0414. The number of hydrogen-bond acceptors (Lipinski definition) is 14. The van der Waals surface area contributed by atoms with Crippen molar-refractivity contribution in [2.75, 3.05) is 5.73 Å². The van der Waals surface area contributed by atoms with Crippen LogP contribution in [-0.2, 0) is 26.7 Å². The third-order valence-corrected chi connectivity index (χ3v) is 11.1. The van der Waals surface area contributed by atoms with Crippen molar-refractivity contribution in [1.82, 2.24) is 5.32 Å². The number of phenols is 1. The standard InChI is InChI=1S/C40H36N8O10S2/c1-20-14-33(21(2)13-32(20)44-43-31-12-10-28(59(53,54)55)19-30(31)40(51)52)45-46-34-15-23(4)35(16-22(34)3)47-48-37-36(60(56,57)58)18-25-17-27(9-11-29(25)38(37)49)42-39(50)24-5-7-26(41)8-6-24/h5-16,18-19,27,49H,17,41H2,1-4H3,(H,42,50)(H,51,52)(H,53,54,55)(H,56,57,58)/b44-43+,46-45?,48-47?. The molecule has 1 atom stereocenters. The highest BCUT2D eigenvalue weighted by Crippen LogP contribution is 2.43. The van der Waals surface area contributed by atoms with Crippen LogP contribution in [-0.4, -0.2) is 54.1 Å². The summed E-state index contributed by atoms with van der Waals surface area (Å²) in [7, 11) is -9.54. The fourth-order valence-electron chi connectivity index (χ4n) is 6.11. The summed E-state index contributed by atoms with van der Waals surface area (Å²) in [5.41, 5.74) is 10.2. The molecule has 1 aliphatic carbocycles. The zero-order valence-electron chi connectivity index (χ0n) is 32.2. The lowest BCUT2D eigenvalue weighted by Crippen LogP contribution is -2.36. The topological polar surface area (TPSA) is 296 Å². The van der Waals surface area contributed by atoms with Crippen molar-refractivity contribution in [1.29, 1.82) is 0 Å². The smallest absolute Gasteiger partial charge is 0.338 e. The molecule has 20 heteroatoms. The minimum atomic E-state index is -4.90. The Morgan fingerprint density at radius 2 is 1.18 bits per heavy atom. The number of carboxylic acids is 1. The van der Waals surface area contributed by atoms with Crippen LogP contribution in [0, 0.1) is 27.7 Å². The molecule has 308 valence electrons. The van der Waals surface area contributed by atoms with E-state index in [1.165, 1.54) is 12.1 Å². The van der Waals surface area contributed by atoms with E-state index in [2.05, 4.69) is 36.0 Å². The number of rotatable bonds is 11. The summed E-state index contributed by atoms with van der Waals surface area (Å²) in [5, 5.41) is 48.8. The lowest BCUT2D eigenvalue weighted by Gasteiger charge is -2.22. The molecule has 0 radical (unpaired) electrons. The van der Waals surface area contributed by atoms with Gasteiger partial charge in [-0.15, -0.1) is 10.2 Å². The van der Waals surface area contributed by atoms with E-state index in [4.69, 9.17) is 5.73 Å². The zero-order valence-corrected chi connectivity index (χ0v) is 33.8. The number of phenolic OH excluding ortho intramolecular Hbond substituents is 1. The third-order valence-electron chi connectivity index (χ3n) is 9.38. The number of hydrogen-bond donors (Lipinski definition) is 6. The number of nitrogens with one attached hydrogen (secondary N) is 1. The van der Waals surface area contributed by atoms with Gasteiger partial charge in [0.05, 0.1) is 39.3 Å². The van der Waals surface area contributed by atoms with E-state index in [1.54, 1.807) is 82.3 Å². The second-order valence-corrected chi connectivity index (χ2v) is 16.6. The summed E-state index contributed by atoms with van der Waals surface area (Å²) in [6.45, 7) is 6.94. The number of nitrogen functional groups attached to an aromatic ring is 1. The Morgan fingerprint density at radius 1 is 0.683 bits per heavy atom. The molecule has 6 rings (SSSR count). The number of aromatic hydroxyl groups is 1. The van der Waals surface area contributed by atoms with Gasteiger partial charge in [-0.3, -0.25) is 13.9 Å². The molecule has 0 spiro atoms. The van der Waals surface area contributed by atoms with Crippen LogP contribution in [0.1, 0.15) is 54.1 Å². The number of anilines is 1. The fourth-order valence-corrected chi connectivity index (χ4v) is 7.29. The first-order valence-corrected chi connectivity index (χ1v) is 20.6. The van der Waals surface area contributed by atoms with E-state index in [9.17, 15) is 45.7 Å². The average molecular weight is 853 g/mol. The zero-order chi connectivity index (χ0) is 43.7. The monoisotopic (exact) mass is 852 g/mol. The van der Waals surface area contributed by atoms with Gasteiger partial charge in [0.2, 0.25) is 0 Å². The van der Waals surface area contributed by atoms with Crippen LogP contribution >= 0.6 is 0 Å². The van der Waals surface area contributed by atoms with Crippen LogP contribution in [0.25, 0.3) is 6.08 Å². The molecular weight excluding hydrogens is 817 g/mol. The van der Waals surface area contributed by atoms with Gasteiger partial charge in [-0.2, -0.15) is 37.3 Å². The largest absolute Gasteiger partial charge is 0.505 e. The van der Waals surface area contributed by atoms with Gasteiger partial charge in [0.15, 0.2) is 5.75 Å². The maximum Gasteiger partial charge on any atom is 0.338 e. The molecule has 5 aromatic rings. The van der Waals surface area contributed by atoms with Crippen LogP contribution in [0.4, 0.5) is 39.8 Å². The number of nitrogens with zero attached hydrogens (tertiary/aromatic N) is 6. The first kappa shape index (κ1) is 42.6. The number of azo groups is 3. The van der Waals surface area contributed by atoms with E-state index in [0.717, 1.165) is 18.2 Å². The first-order chi connectivity index (χ1) is 28.2. The van der Waals surface area contributed by atoms with E-state index in [0.29, 0.717) is 61.8 Å². The summed E-state index contributed by atoms with van der Waals surface area (Å²) < 4.78 is 67.4. The Morgan fingerprint density at radius 3 is 1.67 bits per heavy atom. The Labute approximate surface area is 343 Å². The predicted octanol–water partition coefficient (Wildman–Crippen LogP) is 9.01. The molecule has 0 fully saturated rings. The van der Waals surface area contributed by atoms with Crippen LogP contribution in [0.3, 0.4) is 0 Å². The number of amides is 1. The van der Waals surface area contributed by atoms with Crippen LogP contribution in [0.5, 0.6) is 5.75 Å². The van der Waals surface area contributed by atoms with E-state index < -0.39 is 59.0 Å². The molecule has 0 saturated carbocycles. The number of aromatic carboxylic acids is 1. The molecule has 18 nitrogen and oxygen atoms in total. The molecule has 0 aliphatic heterocycles.